The van der Waals surface area contributed by atoms with E-state index in [1.807, 2.05) is 65.6 Å². The zero-order valence-electron chi connectivity index (χ0n) is 15.8. The van der Waals surface area contributed by atoms with Crippen LogP contribution in [0.15, 0.2) is 36.7 Å². The molecule has 0 unspecified atom stereocenters. The average molecular weight is 365 g/mol. The van der Waals surface area contributed by atoms with E-state index >= 15 is 0 Å². The third-order valence-electron chi connectivity index (χ3n) is 5.02. The molecule has 0 fully saturated rings. The van der Waals surface area contributed by atoms with Gasteiger partial charge in [0.15, 0.2) is 0 Å². The minimum Gasteiger partial charge on any atom is -0.471 e. The molecule has 7 heteroatoms. The molecule has 3 aromatic rings. The van der Waals surface area contributed by atoms with E-state index in [1.165, 1.54) is 5.69 Å². The predicted molar refractivity (Wildman–Crippen MR) is 100 cm³/mol. The second-order valence-corrected chi connectivity index (χ2v) is 6.94. The maximum atomic E-state index is 12.9. The molecule has 4 heterocycles. The number of aryl methyl sites for hydroxylation is 3. The number of amides is 1. The van der Waals surface area contributed by atoms with E-state index in [0.717, 1.165) is 23.2 Å². The summed E-state index contributed by atoms with van der Waals surface area (Å²) in [5.41, 5.74) is 4.91. The Kier molecular flexibility index (Phi) is 4.43. The van der Waals surface area contributed by atoms with Crippen molar-refractivity contribution in [3.8, 4) is 5.88 Å². The molecule has 27 heavy (non-hydrogen) atoms. The van der Waals surface area contributed by atoms with Crippen molar-refractivity contribution in [2.24, 2.45) is 14.1 Å². The number of hydrogen-bond acceptors (Lipinski definition) is 4. The second-order valence-electron chi connectivity index (χ2n) is 6.94. The molecule has 0 radical (unpaired) electrons. The number of carbonyl (C=O) groups excluding carboxylic acids is 1. The van der Waals surface area contributed by atoms with Gasteiger partial charge in [-0.15, -0.1) is 0 Å². The van der Waals surface area contributed by atoms with Gasteiger partial charge in [0.25, 0.3) is 5.91 Å². The predicted octanol–water partition coefficient (Wildman–Crippen LogP) is 2.24. The summed E-state index contributed by atoms with van der Waals surface area (Å²) in [5.74, 6) is 0.631. The number of pyridine rings is 1. The molecule has 0 aromatic carbocycles. The molecule has 4 rings (SSSR count). The van der Waals surface area contributed by atoms with Gasteiger partial charge >= 0.3 is 0 Å². The van der Waals surface area contributed by atoms with Crippen molar-refractivity contribution < 1.29 is 9.53 Å². The van der Waals surface area contributed by atoms with Gasteiger partial charge in [-0.3, -0.25) is 9.48 Å². The SMILES string of the molecule is Cc1ccnc(OCc2nn(C)c3c2CN(C(=O)c2cccn2C)CC3)c1. The third kappa shape index (κ3) is 3.32. The van der Waals surface area contributed by atoms with Crippen LogP contribution in [0.4, 0.5) is 0 Å². The minimum absolute atomic E-state index is 0.0456. The number of nitrogens with zero attached hydrogens (tertiary/aromatic N) is 5. The van der Waals surface area contributed by atoms with Gasteiger partial charge in [0.05, 0.1) is 0 Å². The second kappa shape index (κ2) is 6.90. The Morgan fingerprint density at radius 1 is 1.30 bits per heavy atom. The largest absolute Gasteiger partial charge is 0.471 e. The molecule has 1 aliphatic rings. The van der Waals surface area contributed by atoms with Crippen LogP contribution in [-0.2, 0) is 33.7 Å². The molecule has 0 saturated heterocycles. The lowest BCUT2D eigenvalue weighted by Gasteiger charge is -2.28. The zero-order valence-corrected chi connectivity index (χ0v) is 15.8. The molecular formula is C20H23N5O2. The maximum Gasteiger partial charge on any atom is 0.270 e. The smallest absolute Gasteiger partial charge is 0.270 e. The van der Waals surface area contributed by atoms with Gasteiger partial charge in [-0.05, 0) is 30.7 Å². The highest BCUT2D eigenvalue weighted by molar-refractivity contribution is 5.92. The van der Waals surface area contributed by atoms with E-state index < -0.39 is 0 Å². The molecule has 1 aliphatic heterocycles. The number of fused-ring (bicyclic) bond motifs is 1. The Morgan fingerprint density at radius 3 is 2.89 bits per heavy atom. The van der Waals surface area contributed by atoms with Crippen molar-refractivity contribution in [2.45, 2.75) is 26.5 Å². The van der Waals surface area contributed by atoms with E-state index in [-0.39, 0.29) is 5.91 Å². The lowest BCUT2D eigenvalue weighted by molar-refractivity contribution is 0.0722. The van der Waals surface area contributed by atoms with Crippen molar-refractivity contribution in [2.75, 3.05) is 6.54 Å². The van der Waals surface area contributed by atoms with Crippen LogP contribution in [0, 0.1) is 6.92 Å². The highest BCUT2D eigenvalue weighted by Gasteiger charge is 2.28. The van der Waals surface area contributed by atoms with Crippen molar-refractivity contribution >= 4 is 5.91 Å². The first kappa shape index (κ1) is 17.3. The van der Waals surface area contributed by atoms with Crippen molar-refractivity contribution in [3.63, 3.8) is 0 Å². The van der Waals surface area contributed by atoms with Gasteiger partial charge in [-0.1, -0.05) is 0 Å². The van der Waals surface area contributed by atoms with Gasteiger partial charge < -0.3 is 14.2 Å². The summed E-state index contributed by atoms with van der Waals surface area (Å²) in [4.78, 5) is 19.0. The fourth-order valence-electron chi connectivity index (χ4n) is 3.53. The number of rotatable bonds is 4. The zero-order chi connectivity index (χ0) is 19.0. The standard InChI is InChI=1S/C20H23N5O2/c1-14-6-8-21-19(11-14)27-13-16-15-12-25(10-7-17(15)24(3)22-16)20(26)18-5-4-9-23(18)2/h4-6,8-9,11H,7,10,12-13H2,1-3H3. The number of aromatic nitrogens is 4. The van der Waals surface area contributed by atoms with Crippen LogP contribution < -0.4 is 4.74 Å². The summed E-state index contributed by atoms with van der Waals surface area (Å²) in [6, 6.07) is 7.58. The van der Waals surface area contributed by atoms with Gasteiger partial charge in [0.2, 0.25) is 5.88 Å². The normalized spacial score (nSPS) is 13.5. The third-order valence-corrected chi connectivity index (χ3v) is 5.02. The average Bonchev–Trinajstić information content (AvgIpc) is 3.22. The molecule has 140 valence electrons. The van der Waals surface area contributed by atoms with Crippen LogP contribution in [0.2, 0.25) is 0 Å². The lowest BCUT2D eigenvalue weighted by Crippen LogP contribution is -2.37. The number of hydrogen-bond donors (Lipinski definition) is 0. The first-order chi connectivity index (χ1) is 13.0. The van der Waals surface area contributed by atoms with E-state index in [1.54, 1.807) is 6.20 Å². The molecule has 0 bridgehead atoms. The number of carbonyl (C=O) groups is 1. The Bertz CT molecular complexity index is 988. The van der Waals surface area contributed by atoms with Gasteiger partial charge in [0, 0.05) is 63.3 Å². The number of ether oxygens (including phenoxy) is 1. The molecule has 0 N–H and O–H groups in total. The fraction of sp³-hybridized carbons (Fsp3) is 0.350. The van der Waals surface area contributed by atoms with E-state index in [0.29, 0.717) is 31.3 Å². The van der Waals surface area contributed by atoms with E-state index in [4.69, 9.17) is 4.74 Å². The quantitative estimate of drug-likeness (QED) is 0.711. The summed E-state index contributed by atoms with van der Waals surface area (Å²) < 4.78 is 9.61. The summed E-state index contributed by atoms with van der Waals surface area (Å²) in [6.07, 6.45) is 4.41. The molecule has 0 atom stereocenters. The van der Waals surface area contributed by atoms with Gasteiger partial charge in [-0.2, -0.15) is 5.10 Å². The molecule has 0 saturated carbocycles. The van der Waals surface area contributed by atoms with E-state index in [9.17, 15) is 4.79 Å². The highest BCUT2D eigenvalue weighted by Crippen LogP contribution is 2.24. The Morgan fingerprint density at radius 2 is 2.15 bits per heavy atom. The fourth-order valence-corrected chi connectivity index (χ4v) is 3.53. The van der Waals surface area contributed by atoms with Crippen LogP contribution in [0.1, 0.15) is 33.0 Å². The van der Waals surface area contributed by atoms with Crippen LogP contribution >= 0.6 is 0 Å². The van der Waals surface area contributed by atoms with Crippen LogP contribution in [0.3, 0.4) is 0 Å². The molecular weight excluding hydrogens is 342 g/mol. The molecule has 3 aromatic heterocycles. The molecule has 0 spiro atoms. The Labute approximate surface area is 158 Å². The first-order valence-corrected chi connectivity index (χ1v) is 9.02. The summed E-state index contributed by atoms with van der Waals surface area (Å²) in [6.45, 7) is 3.58. The van der Waals surface area contributed by atoms with E-state index in [2.05, 4.69) is 10.1 Å². The minimum atomic E-state index is 0.0456. The topological polar surface area (TPSA) is 65.2 Å². The van der Waals surface area contributed by atoms with Crippen LogP contribution in [0.5, 0.6) is 5.88 Å². The summed E-state index contributed by atoms with van der Waals surface area (Å²) in [5, 5.41) is 4.62. The van der Waals surface area contributed by atoms with Crippen LogP contribution in [-0.4, -0.2) is 36.7 Å². The highest BCUT2D eigenvalue weighted by atomic mass is 16.5. The van der Waals surface area contributed by atoms with Crippen molar-refractivity contribution in [1.29, 1.82) is 0 Å². The molecule has 1 amide bonds. The maximum absolute atomic E-state index is 12.9. The summed E-state index contributed by atoms with van der Waals surface area (Å²) in [7, 11) is 3.84. The van der Waals surface area contributed by atoms with Crippen molar-refractivity contribution in [3.05, 3.63) is 64.9 Å². The Balaban J connectivity index is 1.54. The monoisotopic (exact) mass is 365 g/mol. The van der Waals surface area contributed by atoms with Gasteiger partial charge in [0.1, 0.15) is 18.0 Å². The Hall–Kier alpha value is -3.09. The molecule has 7 nitrogen and oxygen atoms in total. The van der Waals surface area contributed by atoms with Crippen molar-refractivity contribution in [1.82, 2.24) is 24.2 Å². The lowest BCUT2D eigenvalue weighted by atomic mass is 10.0. The first-order valence-electron chi connectivity index (χ1n) is 9.02. The van der Waals surface area contributed by atoms with Gasteiger partial charge in [-0.25, -0.2) is 4.98 Å². The molecule has 0 aliphatic carbocycles. The van der Waals surface area contributed by atoms with Crippen LogP contribution in [0.25, 0.3) is 0 Å². The summed E-state index contributed by atoms with van der Waals surface area (Å²) >= 11 is 0.